The predicted octanol–water partition coefficient (Wildman–Crippen LogP) is 10.8. The van der Waals surface area contributed by atoms with Crippen LogP contribution in [0.5, 0.6) is 0 Å². The van der Waals surface area contributed by atoms with Crippen molar-refractivity contribution in [3.63, 3.8) is 0 Å². The van der Waals surface area contributed by atoms with Gasteiger partial charge in [0.15, 0.2) is 23.1 Å². The van der Waals surface area contributed by atoms with Gasteiger partial charge < -0.3 is 4.42 Å². The van der Waals surface area contributed by atoms with Gasteiger partial charge in [-0.3, -0.25) is 4.98 Å². The molecule has 218 valence electrons. The van der Waals surface area contributed by atoms with Crippen LogP contribution >= 0.6 is 0 Å². The number of furan rings is 1. The third-order valence-corrected chi connectivity index (χ3v) is 9.16. The molecule has 7 aromatic carbocycles. The van der Waals surface area contributed by atoms with Gasteiger partial charge in [0.2, 0.25) is 0 Å². The molecule has 0 atom stereocenters. The van der Waals surface area contributed by atoms with Gasteiger partial charge in [-0.2, -0.15) is 0 Å². The average molecular weight is 601 g/mol. The van der Waals surface area contributed by atoms with Gasteiger partial charge >= 0.3 is 0 Å². The van der Waals surface area contributed by atoms with E-state index in [9.17, 15) is 0 Å². The highest BCUT2D eigenvalue weighted by Gasteiger charge is 2.19. The largest absolute Gasteiger partial charge is 0.454 e. The molecular weight excluding hydrogens is 576 g/mol. The van der Waals surface area contributed by atoms with Crippen LogP contribution in [0.25, 0.3) is 99.2 Å². The van der Waals surface area contributed by atoms with Crippen LogP contribution in [-0.4, -0.2) is 19.9 Å². The summed E-state index contributed by atoms with van der Waals surface area (Å²) in [6.45, 7) is 0. The molecule has 0 amide bonds. The highest BCUT2D eigenvalue weighted by molar-refractivity contribution is 6.20. The van der Waals surface area contributed by atoms with E-state index in [2.05, 4.69) is 120 Å². The van der Waals surface area contributed by atoms with E-state index in [4.69, 9.17) is 19.4 Å². The molecule has 47 heavy (non-hydrogen) atoms. The zero-order chi connectivity index (χ0) is 30.9. The van der Waals surface area contributed by atoms with Crippen molar-refractivity contribution < 1.29 is 4.42 Å². The molecule has 0 bridgehead atoms. The van der Waals surface area contributed by atoms with E-state index in [1.54, 1.807) is 6.20 Å². The Kier molecular flexibility index (Phi) is 5.51. The Labute approximate surface area is 268 Å². The lowest BCUT2D eigenvalue weighted by atomic mass is 9.95. The standard InChI is InChI=1S/C42H24N4O/c1-2-9-29-21-30(19-13-25(29)7-1)40-44-41(46-42(45-40)35-23-43-24-37-39(35)33-11-5-6-12-36(33)47-37)31-20-16-27-15-18-28-17-14-26-8-3-4-10-32(26)38(28)34(27)22-31/h1-24H. The number of hydrogen-bond donors (Lipinski definition) is 0. The second-order valence-electron chi connectivity index (χ2n) is 11.9. The Morgan fingerprint density at radius 2 is 0.979 bits per heavy atom. The molecule has 0 unspecified atom stereocenters. The molecule has 3 aromatic heterocycles. The lowest BCUT2D eigenvalue weighted by Gasteiger charge is -2.12. The maximum absolute atomic E-state index is 6.18. The molecule has 0 aliphatic rings. The zero-order valence-electron chi connectivity index (χ0n) is 25.1. The summed E-state index contributed by atoms with van der Waals surface area (Å²) in [5, 5.41) is 11.4. The lowest BCUT2D eigenvalue weighted by molar-refractivity contribution is 0.667. The second-order valence-corrected chi connectivity index (χ2v) is 11.9. The zero-order valence-corrected chi connectivity index (χ0v) is 25.1. The van der Waals surface area contributed by atoms with Crippen LogP contribution in [-0.2, 0) is 0 Å². The number of benzene rings is 7. The minimum absolute atomic E-state index is 0.547. The molecule has 0 radical (unpaired) electrons. The minimum Gasteiger partial charge on any atom is -0.454 e. The summed E-state index contributed by atoms with van der Waals surface area (Å²) >= 11 is 0. The number of fused-ring (bicyclic) bond motifs is 9. The van der Waals surface area contributed by atoms with Gasteiger partial charge in [0.25, 0.3) is 0 Å². The molecule has 0 saturated carbocycles. The minimum atomic E-state index is 0.547. The van der Waals surface area contributed by atoms with E-state index in [-0.39, 0.29) is 0 Å². The van der Waals surface area contributed by atoms with Crippen LogP contribution in [0.1, 0.15) is 0 Å². The van der Waals surface area contributed by atoms with Crippen molar-refractivity contribution in [3.05, 3.63) is 146 Å². The fraction of sp³-hybridized carbons (Fsp3) is 0. The molecule has 0 N–H and O–H groups in total. The first-order valence-corrected chi connectivity index (χ1v) is 15.6. The molecule has 0 saturated heterocycles. The molecule has 0 aliphatic heterocycles. The third-order valence-electron chi connectivity index (χ3n) is 9.16. The number of pyridine rings is 1. The van der Waals surface area contributed by atoms with Crippen molar-refractivity contribution >= 4 is 65.0 Å². The van der Waals surface area contributed by atoms with Gasteiger partial charge in [0, 0.05) is 33.7 Å². The maximum Gasteiger partial charge on any atom is 0.166 e. The summed E-state index contributed by atoms with van der Waals surface area (Å²) in [7, 11) is 0. The summed E-state index contributed by atoms with van der Waals surface area (Å²) < 4.78 is 6.18. The van der Waals surface area contributed by atoms with Gasteiger partial charge in [0.05, 0.1) is 6.20 Å². The Morgan fingerprint density at radius 1 is 0.383 bits per heavy atom. The van der Waals surface area contributed by atoms with Gasteiger partial charge in [-0.15, -0.1) is 0 Å². The van der Waals surface area contributed by atoms with Crippen LogP contribution in [0.4, 0.5) is 0 Å². The fourth-order valence-electron chi connectivity index (χ4n) is 6.89. The van der Waals surface area contributed by atoms with Crippen molar-refractivity contribution in [3.8, 4) is 34.2 Å². The van der Waals surface area contributed by atoms with Gasteiger partial charge in [-0.1, -0.05) is 115 Å². The van der Waals surface area contributed by atoms with Crippen LogP contribution in [0.3, 0.4) is 0 Å². The number of hydrogen-bond acceptors (Lipinski definition) is 5. The van der Waals surface area contributed by atoms with E-state index in [0.717, 1.165) is 43.8 Å². The number of aromatic nitrogens is 4. The average Bonchev–Trinajstić information content (AvgIpc) is 3.53. The summed E-state index contributed by atoms with van der Waals surface area (Å²) in [5.41, 5.74) is 4.13. The van der Waals surface area contributed by atoms with E-state index in [1.165, 1.54) is 32.3 Å². The van der Waals surface area contributed by atoms with Crippen molar-refractivity contribution in [1.29, 1.82) is 0 Å². The quantitative estimate of drug-likeness (QED) is 0.189. The number of nitrogens with zero attached hydrogens (tertiary/aromatic N) is 4. The fourth-order valence-corrected chi connectivity index (χ4v) is 6.89. The van der Waals surface area contributed by atoms with E-state index in [0.29, 0.717) is 23.1 Å². The topological polar surface area (TPSA) is 64.7 Å². The maximum atomic E-state index is 6.18. The van der Waals surface area contributed by atoms with Crippen LogP contribution in [0.2, 0.25) is 0 Å². The first-order valence-electron chi connectivity index (χ1n) is 15.6. The molecule has 10 aromatic rings. The van der Waals surface area contributed by atoms with Gasteiger partial charge in [-0.05, 0) is 61.3 Å². The highest BCUT2D eigenvalue weighted by Crippen LogP contribution is 2.37. The van der Waals surface area contributed by atoms with E-state index < -0.39 is 0 Å². The van der Waals surface area contributed by atoms with Crippen LogP contribution < -0.4 is 0 Å². The lowest BCUT2D eigenvalue weighted by Crippen LogP contribution is -2.01. The Bertz CT molecular complexity index is 2870. The molecule has 0 fully saturated rings. The van der Waals surface area contributed by atoms with Crippen molar-refractivity contribution in [2.75, 3.05) is 0 Å². The number of para-hydroxylation sites is 1. The molecule has 3 heterocycles. The van der Waals surface area contributed by atoms with Crippen molar-refractivity contribution in [1.82, 2.24) is 19.9 Å². The smallest absolute Gasteiger partial charge is 0.166 e. The molecule has 0 aliphatic carbocycles. The normalized spacial score (nSPS) is 11.8. The summed E-state index contributed by atoms with van der Waals surface area (Å²) in [6, 6.07) is 46.5. The van der Waals surface area contributed by atoms with Crippen LogP contribution in [0, 0.1) is 0 Å². The van der Waals surface area contributed by atoms with Crippen molar-refractivity contribution in [2.45, 2.75) is 0 Å². The Hall–Kier alpha value is -6.46. The first-order chi connectivity index (χ1) is 23.3. The van der Waals surface area contributed by atoms with Gasteiger partial charge in [-0.25, -0.2) is 15.0 Å². The first kappa shape index (κ1) is 25.8. The monoisotopic (exact) mass is 600 g/mol. The summed E-state index contributed by atoms with van der Waals surface area (Å²) in [4.78, 5) is 19.9. The van der Waals surface area contributed by atoms with Crippen molar-refractivity contribution in [2.24, 2.45) is 0 Å². The van der Waals surface area contributed by atoms with E-state index >= 15 is 0 Å². The molecule has 5 nitrogen and oxygen atoms in total. The SMILES string of the molecule is c1ccc2cc(-c3nc(-c4ccc5ccc6ccc7ccccc7c6c5c4)nc(-c4cncc5oc6ccccc6c45)n3)ccc2c1. The number of rotatable bonds is 3. The predicted molar refractivity (Wildman–Crippen MR) is 191 cm³/mol. The molecule has 0 spiro atoms. The Morgan fingerprint density at radius 3 is 1.81 bits per heavy atom. The Balaban J connectivity index is 1.26. The van der Waals surface area contributed by atoms with Crippen LogP contribution in [0.15, 0.2) is 150 Å². The van der Waals surface area contributed by atoms with Gasteiger partial charge in [0.1, 0.15) is 5.58 Å². The molecular formula is C42H24N4O. The summed E-state index contributed by atoms with van der Waals surface area (Å²) in [6.07, 6.45) is 3.58. The molecule has 5 heteroatoms. The highest BCUT2D eigenvalue weighted by atomic mass is 16.3. The van der Waals surface area contributed by atoms with E-state index in [1.807, 2.05) is 24.4 Å². The molecule has 10 rings (SSSR count). The summed E-state index contributed by atoms with van der Waals surface area (Å²) in [5.74, 6) is 1.75. The third kappa shape index (κ3) is 4.10. The second kappa shape index (κ2) is 10.0.